The lowest BCUT2D eigenvalue weighted by atomic mass is 10.1. The van der Waals surface area contributed by atoms with E-state index in [4.69, 9.17) is 0 Å². The number of rotatable bonds is 10. The van der Waals surface area contributed by atoms with Crippen molar-refractivity contribution >= 4 is 13.2 Å². The molecule has 1 rings (SSSR count). The van der Waals surface area contributed by atoms with Gasteiger partial charge in [-0.2, -0.15) is 0 Å². The lowest BCUT2D eigenvalue weighted by Gasteiger charge is -2.22. The van der Waals surface area contributed by atoms with Crippen molar-refractivity contribution in [3.63, 3.8) is 0 Å². The maximum absolute atomic E-state index is 2.44. The Kier molecular flexibility index (Phi) is 9.25. The summed E-state index contributed by atoms with van der Waals surface area (Å²) >= 11 is 0. The normalized spacial score (nSPS) is 12.6. The Morgan fingerprint density at radius 2 is 1.29 bits per heavy atom. The molecule has 21 heavy (non-hydrogen) atoms. The summed E-state index contributed by atoms with van der Waals surface area (Å²) in [5.74, 6) is 0. The Bertz CT molecular complexity index is 409. The van der Waals surface area contributed by atoms with E-state index in [1.165, 1.54) is 68.4 Å². The first-order valence-electron chi connectivity index (χ1n) is 8.93. The standard InChI is InChI=1S/C20H35P/c1-6-8-10-12-16-21(15-11-9-7-2)20-14-13-17(3)18(4)19(20)5/h13-14H,6-12,15-16H2,1-5H3. The fourth-order valence-electron chi connectivity index (χ4n) is 2.92. The molecule has 1 aromatic carbocycles. The lowest BCUT2D eigenvalue weighted by Crippen LogP contribution is -2.12. The molecule has 1 atom stereocenters. The number of benzene rings is 1. The molecular weight excluding hydrogens is 271 g/mol. The maximum atomic E-state index is 2.44. The molecule has 0 fully saturated rings. The lowest BCUT2D eigenvalue weighted by molar-refractivity contribution is 0.704. The van der Waals surface area contributed by atoms with Gasteiger partial charge in [0.2, 0.25) is 0 Å². The minimum Gasteiger partial charge on any atom is -0.0750 e. The molecule has 0 spiro atoms. The van der Waals surface area contributed by atoms with Crippen LogP contribution >= 0.6 is 7.92 Å². The van der Waals surface area contributed by atoms with Crippen LogP contribution in [0.4, 0.5) is 0 Å². The van der Waals surface area contributed by atoms with Gasteiger partial charge in [0.15, 0.2) is 0 Å². The highest BCUT2D eigenvalue weighted by molar-refractivity contribution is 7.65. The third-order valence-corrected chi connectivity index (χ3v) is 7.56. The Balaban J connectivity index is 2.76. The van der Waals surface area contributed by atoms with Crippen LogP contribution < -0.4 is 5.30 Å². The number of aryl methyl sites for hydroxylation is 1. The predicted octanol–water partition coefficient (Wildman–Crippen LogP) is 6.49. The molecule has 0 bridgehead atoms. The van der Waals surface area contributed by atoms with Gasteiger partial charge in [0.05, 0.1) is 0 Å². The molecule has 1 aromatic rings. The molecule has 0 aliphatic rings. The van der Waals surface area contributed by atoms with Crippen LogP contribution in [-0.2, 0) is 0 Å². The number of hydrogen-bond donors (Lipinski definition) is 0. The van der Waals surface area contributed by atoms with Crippen LogP contribution in [0.15, 0.2) is 12.1 Å². The molecule has 0 amide bonds. The van der Waals surface area contributed by atoms with Gasteiger partial charge in [0.1, 0.15) is 0 Å². The fraction of sp³-hybridized carbons (Fsp3) is 0.700. The Labute approximate surface area is 134 Å². The van der Waals surface area contributed by atoms with Crippen molar-refractivity contribution in [3.05, 3.63) is 28.8 Å². The molecule has 1 unspecified atom stereocenters. The zero-order chi connectivity index (χ0) is 15.7. The van der Waals surface area contributed by atoms with Gasteiger partial charge in [-0.05, 0) is 67.9 Å². The van der Waals surface area contributed by atoms with Gasteiger partial charge in [0, 0.05) is 0 Å². The summed E-state index contributed by atoms with van der Waals surface area (Å²) in [6.07, 6.45) is 12.7. The van der Waals surface area contributed by atoms with Crippen LogP contribution in [0.3, 0.4) is 0 Å². The van der Waals surface area contributed by atoms with Gasteiger partial charge in [0.25, 0.3) is 0 Å². The molecule has 0 saturated carbocycles. The van der Waals surface area contributed by atoms with Crippen LogP contribution in [0.5, 0.6) is 0 Å². The van der Waals surface area contributed by atoms with E-state index >= 15 is 0 Å². The highest BCUT2D eigenvalue weighted by Gasteiger charge is 2.14. The molecular formula is C20H35P. The van der Waals surface area contributed by atoms with Gasteiger partial charge < -0.3 is 0 Å². The summed E-state index contributed by atoms with van der Waals surface area (Å²) in [6, 6.07) is 4.79. The van der Waals surface area contributed by atoms with Crippen molar-refractivity contribution < 1.29 is 0 Å². The summed E-state index contributed by atoms with van der Waals surface area (Å²) < 4.78 is 0. The van der Waals surface area contributed by atoms with E-state index in [2.05, 4.69) is 46.8 Å². The van der Waals surface area contributed by atoms with Gasteiger partial charge in [-0.3, -0.25) is 0 Å². The second kappa shape index (κ2) is 10.4. The predicted molar refractivity (Wildman–Crippen MR) is 101 cm³/mol. The Hall–Kier alpha value is -0.350. The van der Waals surface area contributed by atoms with E-state index < -0.39 is 0 Å². The summed E-state index contributed by atoms with van der Waals surface area (Å²) in [6.45, 7) is 11.5. The van der Waals surface area contributed by atoms with Gasteiger partial charge in [-0.15, -0.1) is 0 Å². The summed E-state index contributed by atoms with van der Waals surface area (Å²) in [5, 5.41) is 1.70. The van der Waals surface area contributed by atoms with Crippen LogP contribution in [0.1, 0.15) is 75.5 Å². The summed E-state index contributed by atoms with van der Waals surface area (Å²) in [4.78, 5) is 0. The van der Waals surface area contributed by atoms with Crippen LogP contribution in [0, 0.1) is 20.8 Å². The number of unbranched alkanes of at least 4 members (excludes halogenated alkanes) is 5. The van der Waals surface area contributed by atoms with E-state index in [0.717, 1.165) is 0 Å². The maximum Gasteiger partial charge on any atom is -0.0208 e. The average Bonchev–Trinajstić information content (AvgIpc) is 2.48. The van der Waals surface area contributed by atoms with E-state index in [9.17, 15) is 0 Å². The average molecular weight is 306 g/mol. The smallest absolute Gasteiger partial charge is 0.0208 e. The molecule has 0 aliphatic carbocycles. The monoisotopic (exact) mass is 306 g/mol. The summed E-state index contributed by atoms with van der Waals surface area (Å²) in [7, 11) is 0.0666. The summed E-state index contributed by atoms with van der Waals surface area (Å²) in [5.41, 5.74) is 4.54. The van der Waals surface area contributed by atoms with E-state index in [0.29, 0.717) is 0 Å². The molecule has 0 heterocycles. The quantitative estimate of drug-likeness (QED) is 0.342. The molecule has 0 aromatic heterocycles. The topological polar surface area (TPSA) is 0 Å². The van der Waals surface area contributed by atoms with E-state index in [1.807, 2.05) is 0 Å². The van der Waals surface area contributed by atoms with E-state index in [1.54, 1.807) is 10.9 Å². The van der Waals surface area contributed by atoms with Gasteiger partial charge in [-0.25, -0.2) is 0 Å². The Morgan fingerprint density at radius 1 is 0.714 bits per heavy atom. The third kappa shape index (κ3) is 6.11. The third-order valence-electron chi connectivity index (χ3n) is 4.68. The van der Waals surface area contributed by atoms with Crippen molar-refractivity contribution in [1.82, 2.24) is 0 Å². The second-order valence-corrected chi connectivity index (χ2v) is 8.86. The van der Waals surface area contributed by atoms with Crippen molar-refractivity contribution in [2.24, 2.45) is 0 Å². The molecule has 0 radical (unpaired) electrons. The van der Waals surface area contributed by atoms with Crippen molar-refractivity contribution in [1.29, 1.82) is 0 Å². The van der Waals surface area contributed by atoms with Gasteiger partial charge in [-0.1, -0.05) is 66.0 Å². The second-order valence-electron chi connectivity index (χ2n) is 6.41. The molecule has 0 N–H and O–H groups in total. The fourth-order valence-corrected chi connectivity index (χ4v) is 5.76. The van der Waals surface area contributed by atoms with Crippen LogP contribution in [0.2, 0.25) is 0 Å². The molecule has 1 heteroatoms. The van der Waals surface area contributed by atoms with Gasteiger partial charge >= 0.3 is 0 Å². The Morgan fingerprint density at radius 3 is 1.90 bits per heavy atom. The minimum atomic E-state index is 0.0666. The zero-order valence-corrected chi connectivity index (χ0v) is 15.9. The zero-order valence-electron chi connectivity index (χ0n) is 15.0. The SMILES string of the molecule is CCCCCCP(CCCCC)c1ccc(C)c(C)c1C. The van der Waals surface area contributed by atoms with E-state index in [-0.39, 0.29) is 7.92 Å². The van der Waals surface area contributed by atoms with Crippen LogP contribution in [0.25, 0.3) is 0 Å². The molecule has 0 saturated heterocycles. The van der Waals surface area contributed by atoms with Crippen molar-refractivity contribution in [2.45, 2.75) is 79.6 Å². The number of hydrogen-bond acceptors (Lipinski definition) is 0. The molecule has 120 valence electrons. The minimum absolute atomic E-state index is 0.0666. The highest BCUT2D eigenvalue weighted by atomic mass is 31.1. The molecule has 0 nitrogen and oxygen atoms in total. The van der Waals surface area contributed by atoms with Crippen molar-refractivity contribution in [3.8, 4) is 0 Å². The first kappa shape index (κ1) is 18.7. The van der Waals surface area contributed by atoms with Crippen molar-refractivity contribution in [2.75, 3.05) is 12.3 Å². The van der Waals surface area contributed by atoms with Crippen LogP contribution in [-0.4, -0.2) is 12.3 Å². The first-order valence-corrected chi connectivity index (χ1v) is 10.6. The molecule has 0 aliphatic heterocycles. The largest absolute Gasteiger partial charge is 0.0750 e. The first-order chi connectivity index (χ1) is 10.1. The highest BCUT2D eigenvalue weighted by Crippen LogP contribution is 2.39.